The van der Waals surface area contributed by atoms with Gasteiger partial charge in [-0.15, -0.1) is 12.4 Å². The van der Waals surface area contributed by atoms with E-state index in [-0.39, 0.29) is 12.4 Å². The first-order chi connectivity index (χ1) is 10.2. The number of anilines is 1. The number of nitrogens with zero attached hydrogens (tertiary/aromatic N) is 1. The van der Waals surface area contributed by atoms with Gasteiger partial charge in [0.2, 0.25) is 0 Å². The van der Waals surface area contributed by atoms with Crippen LogP contribution in [0.25, 0.3) is 0 Å². The Balaban J connectivity index is 0.00000242. The molecule has 1 aromatic carbocycles. The Bertz CT molecular complexity index is 515. The van der Waals surface area contributed by atoms with Crippen LogP contribution in [-0.2, 0) is 0 Å². The van der Waals surface area contributed by atoms with E-state index in [1.807, 2.05) is 0 Å². The smallest absolute Gasteiger partial charge is 0.326 e. The molecule has 22 heavy (non-hydrogen) atoms. The third kappa shape index (κ3) is 4.70. The first-order valence-corrected chi connectivity index (χ1v) is 6.82. The summed E-state index contributed by atoms with van der Waals surface area (Å²) in [6, 6.07) is 4.89. The number of benzene rings is 1. The topological polar surface area (TPSA) is 84.0 Å². The van der Waals surface area contributed by atoms with E-state index in [2.05, 4.69) is 20.9 Å². The van der Waals surface area contributed by atoms with Gasteiger partial charge in [-0.1, -0.05) is 6.07 Å². The summed E-state index contributed by atoms with van der Waals surface area (Å²) in [5, 5.41) is 8.49. The Kier molecular flexibility index (Phi) is 7.31. The van der Waals surface area contributed by atoms with Crippen LogP contribution >= 0.6 is 12.4 Å². The number of para-hydroxylation sites is 1. The minimum absolute atomic E-state index is 0. The van der Waals surface area contributed by atoms with Crippen molar-refractivity contribution in [3.63, 3.8) is 0 Å². The number of urea groups is 1. The predicted octanol–water partition coefficient (Wildman–Crippen LogP) is 1.99. The van der Waals surface area contributed by atoms with Crippen LogP contribution in [0.1, 0.15) is 12.8 Å². The molecule has 0 saturated carbocycles. The highest BCUT2D eigenvalue weighted by Crippen LogP contribution is 2.33. The molecule has 0 spiro atoms. The van der Waals surface area contributed by atoms with E-state index < -0.39 is 6.03 Å². The second-order valence-corrected chi connectivity index (χ2v) is 4.48. The third-order valence-electron chi connectivity index (χ3n) is 3.05. The van der Waals surface area contributed by atoms with E-state index in [1.54, 1.807) is 18.2 Å². The molecule has 0 bridgehead atoms. The molecular weight excluding hydrogens is 308 g/mol. The first-order valence-electron chi connectivity index (χ1n) is 6.82. The van der Waals surface area contributed by atoms with Crippen molar-refractivity contribution >= 4 is 30.1 Å². The van der Waals surface area contributed by atoms with Crippen molar-refractivity contribution in [3.8, 4) is 11.5 Å². The van der Waals surface area contributed by atoms with Crippen LogP contribution in [0, 0.1) is 0 Å². The van der Waals surface area contributed by atoms with E-state index in [4.69, 9.17) is 9.47 Å². The number of ether oxygens (including phenoxy) is 2. The summed E-state index contributed by atoms with van der Waals surface area (Å²) >= 11 is 0. The highest BCUT2D eigenvalue weighted by Gasteiger charge is 2.14. The molecule has 0 aromatic heterocycles. The number of nitrogens with one attached hydrogen (secondary N) is 3. The highest BCUT2D eigenvalue weighted by atomic mass is 35.5. The van der Waals surface area contributed by atoms with Gasteiger partial charge in [0, 0.05) is 13.1 Å². The van der Waals surface area contributed by atoms with Crippen molar-refractivity contribution in [2.75, 3.05) is 32.6 Å². The Hall–Kier alpha value is -2.15. The normalized spacial score (nSPS) is 13.6. The van der Waals surface area contributed by atoms with E-state index >= 15 is 0 Å². The monoisotopic (exact) mass is 328 g/mol. The quantitative estimate of drug-likeness (QED) is 0.792. The summed E-state index contributed by atoms with van der Waals surface area (Å²) < 4.78 is 10.5. The lowest BCUT2D eigenvalue weighted by Gasteiger charge is -2.15. The molecule has 0 radical (unpaired) electrons. The van der Waals surface area contributed by atoms with E-state index in [9.17, 15) is 4.79 Å². The molecule has 122 valence electrons. The Morgan fingerprint density at radius 1 is 1.18 bits per heavy atom. The van der Waals surface area contributed by atoms with Gasteiger partial charge in [0.05, 0.1) is 14.2 Å². The SMILES string of the molecule is COc1cccc(OC)c1NC(=O)NC1=NCCCCN1.Cl. The summed E-state index contributed by atoms with van der Waals surface area (Å²) in [6.45, 7) is 1.51. The fraction of sp³-hybridized carbons (Fsp3) is 0.429. The molecule has 1 aromatic rings. The molecule has 2 amide bonds. The molecular formula is C14H21ClN4O3. The number of carbonyl (C=O) groups excluding carboxylic acids is 1. The Labute approximate surface area is 135 Å². The number of hydrogen-bond acceptors (Lipinski definition) is 5. The van der Waals surface area contributed by atoms with Crippen molar-refractivity contribution < 1.29 is 14.3 Å². The van der Waals surface area contributed by atoms with Crippen molar-refractivity contribution in [3.05, 3.63) is 18.2 Å². The van der Waals surface area contributed by atoms with Crippen molar-refractivity contribution in [2.45, 2.75) is 12.8 Å². The largest absolute Gasteiger partial charge is 0.494 e. The maximum Gasteiger partial charge on any atom is 0.326 e. The minimum Gasteiger partial charge on any atom is -0.494 e. The molecule has 0 atom stereocenters. The fourth-order valence-electron chi connectivity index (χ4n) is 2.00. The van der Waals surface area contributed by atoms with Gasteiger partial charge in [-0.3, -0.25) is 10.3 Å². The summed E-state index contributed by atoms with van der Waals surface area (Å²) in [4.78, 5) is 16.3. The molecule has 0 aliphatic carbocycles. The van der Waals surface area contributed by atoms with Crippen molar-refractivity contribution in [1.82, 2.24) is 10.6 Å². The van der Waals surface area contributed by atoms with Crippen LogP contribution in [0.2, 0.25) is 0 Å². The van der Waals surface area contributed by atoms with Gasteiger partial charge in [-0.25, -0.2) is 4.79 Å². The highest BCUT2D eigenvalue weighted by molar-refractivity contribution is 6.03. The molecule has 0 saturated heterocycles. The number of aliphatic imine (C=N–C) groups is 1. The fourth-order valence-corrected chi connectivity index (χ4v) is 2.00. The third-order valence-corrected chi connectivity index (χ3v) is 3.05. The maximum atomic E-state index is 12.1. The average molecular weight is 329 g/mol. The number of hydrogen-bond donors (Lipinski definition) is 3. The van der Waals surface area contributed by atoms with Gasteiger partial charge in [-0.2, -0.15) is 0 Å². The number of guanidine groups is 1. The Morgan fingerprint density at radius 3 is 2.50 bits per heavy atom. The van der Waals surface area contributed by atoms with Crippen LogP contribution in [0.5, 0.6) is 11.5 Å². The zero-order valence-corrected chi connectivity index (χ0v) is 13.5. The number of halogens is 1. The lowest BCUT2D eigenvalue weighted by molar-refractivity contribution is 0.255. The van der Waals surface area contributed by atoms with Crippen molar-refractivity contribution in [1.29, 1.82) is 0 Å². The van der Waals surface area contributed by atoms with Crippen LogP contribution < -0.4 is 25.4 Å². The lowest BCUT2D eigenvalue weighted by Crippen LogP contribution is -2.43. The minimum atomic E-state index is -0.397. The number of amides is 2. The zero-order valence-electron chi connectivity index (χ0n) is 12.6. The summed E-state index contributed by atoms with van der Waals surface area (Å²) in [5.41, 5.74) is 0.481. The van der Waals surface area contributed by atoms with Crippen LogP contribution in [0.15, 0.2) is 23.2 Å². The first kappa shape index (κ1) is 17.9. The number of carbonyl (C=O) groups is 1. The molecule has 7 nitrogen and oxygen atoms in total. The van der Waals surface area contributed by atoms with Gasteiger partial charge >= 0.3 is 6.03 Å². The molecule has 0 fully saturated rings. The summed E-state index contributed by atoms with van der Waals surface area (Å²) in [7, 11) is 3.07. The van der Waals surface area contributed by atoms with Gasteiger partial charge in [0.15, 0.2) is 5.96 Å². The summed E-state index contributed by atoms with van der Waals surface area (Å²) in [6.07, 6.45) is 2.05. The van der Waals surface area contributed by atoms with Gasteiger partial charge < -0.3 is 20.1 Å². The molecule has 1 heterocycles. The second-order valence-electron chi connectivity index (χ2n) is 4.48. The second kappa shape index (κ2) is 8.99. The molecule has 3 N–H and O–H groups in total. The van der Waals surface area contributed by atoms with Crippen LogP contribution in [0.4, 0.5) is 10.5 Å². The van der Waals surface area contributed by atoms with E-state index in [1.165, 1.54) is 14.2 Å². The summed E-state index contributed by atoms with van der Waals surface area (Å²) in [5.74, 6) is 1.54. The molecule has 0 unspecified atom stereocenters. The van der Waals surface area contributed by atoms with Crippen LogP contribution in [0.3, 0.4) is 0 Å². The average Bonchev–Trinajstić information content (AvgIpc) is 2.76. The lowest BCUT2D eigenvalue weighted by atomic mass is 10.2. The van der Waals surface area contributed by atoms with Gasteiger partial charge in [0.1, 0.15) is 17.2 Å². The predicted molar refractivity (Wildman–Crippen MR) is 88.5 cm³/mol. The van der Waals surface area contributed by atoms with E-state index in [0.29, 0.717) is 29.7 Å². The van der Waals surface area contributed by atoms with Gasteiger partial charge in [-0.05, 0) is 25.0 Å². The molecule has 2 rings (SSSR count). The van der Waals surface area contributed by atoms with Gasteiger partial charge in [0.25, 0.3) is 0 Å². The standard InChI is InChI=1S/C14H20N4O3.ClH/c1-20-10-6-5-7-11(21-2)12(10)17-14(19)18-13-15-8-3-4-9-16-13;/h5-7H,3-4,8-9H2,1-2H3,(H3,15,16,17,18,19);1H. The molecule has 1 aliphatic heterocycles. The van der Waals surface area contributed by atoms with E-state index in [0.717, 1.165) is 19.4 Å². The molecule has 8 heteroatoms. The van der Waals surface area contributed by atoms with Crippen molar-refractivity contribution in [2.24, 2.45) is 4.99 Å². The Morgan fingerprint density at radius 2 is 1.86 bits per heavy atom. The zero-order chi connectivity index (χ0) is 15.1. The number of rotatable bonds is 3. The molecule has 1 aliphatic rings. The maximum absolute atomic E-state index is 12.1. The van der Waals surface area contributed by atoms with Crippen LogP contribution in [-0.4, -0.2) is 39.3 Å². The number of methoxy groups -OCH3 is 2.